The van der Waals surface area contributed by atoms with Gasteiger partial charge in [-0.3, -0.25) is 0 Å². The lowest BCUT2D eigenvalue weighted by atomic mass is 10.3. The molecule has 0 aliphatic rings. The van der Waals surface area contributed by atoms with Gasteiger partial charge in [0.1, 0.15) is 0 Å². The van der Waals surface area contributed by atoms with Crippen LogP contribution in [0, 0.1) is 0 Å². The molecule has 0 rings (SSSR count). The average Bonchev–Trinajstić information content (AvgIpc) is 2.33. The Labute approximate surface area is 138 Å². The summed E-state index contributed by atoms with van der Waals surface area (Å²) >= 11 is 0. The molecule has 0 aliphatic carbocycles. The van der Waals surface area contributed by atoms with Crippen molar-refractivity contribution in [2.75, 3.05) is 0 Å². The van der Waals surface area contributed by atoms with Crippen LogP contribution in [0.5, 0.6) is 0 Å². The molecule has 0 aliphatic heterocycles. The molecule has 0 atom stereocenters. The lowest BCUT2D eigenvalue weighted by Gasteiger charge is -2.29. The van der Waals surface area contributed by atoms with Crippen LogP contribution in [0.1, 0.15) is 0 Å². The minimum absolute atomic E-state index is 2.10. The van der Waals surface area contributed by atoms with Crippen molar-refractivity contribution < 1.29 is 75.7 Å². The summed E-state index contributed by atoms with van der Waals surface area (Å²) in [4.78, 5) is 0. The predicted molar refractivity (Wildman–Crippen MR) is 53.4 cm³/mol. The zero-order valence-corrected chi connectivity index (χ0v) is 11.9. The van der Waals surface area contributed by atoms with Crippen LogP contribution in [0.4, 0.5) is 61.5 Å². The van der Waals surface area contributed by atoms with Gasteiger partial charge >= 0.3 is 36.4 Å². The maximum atomic E-state index is 12.8. The monoisotopic (exact) mass is 438 g/mol. The van der Waals surface area contributed by atoms with E-state index in [1.807, 2.05) is 0 Å². The van der Waals surface area contributed by atoms with Gasteiger partial charge in [0.05, 0.1) is 0 Å². The quantitative estimate of drug-likeness (QED) is 0.367. The summed E-state index contributed by atoms with van der Waals surface area (Å²) in [6, 6.07) is 0. The SMILES string of the molecule is C=C(OC(=C)OC(F)(F)C(F)(F)C(F)(F)F)OC(F)(F)C(F)(F)C(F)(F)F. The van der Waals surface area contributed by atoms with E-state index in [-0.39, 0.29) is 0 Å². The number of halogens is 14. The van der Waals surface area contributed by atoms with E-state index in [0.29, 0.717) is 0 Å². The van der Waals surface area contributed by atoms with Gasteiger partial charge in [-0.2, -0.15) is 61.5 Å². The lowest BCUT2D eigenvalue weighted by molar-refractivity contribution is -0.428. The summed E-state index contributed by atoms with van der Waals surface area (Å²) in [5, 5.41) is 0. The Balaban J connectivity index is 5.17. The van der Waals surface area contributed by atoms with E-state index in [0.717, 1.165) is 0 Å². The van der Waals surface area contributed by atoms with Crippen LogP contribution >= 0.6 is 0 Å². The van der Waals surface area contributed by atoms with Crippen LogP contribution in [0.15, 0.2) is 25.0 Å². The van der Waals surface area contributed by atoms with Crippen molar-refractivity contribution in [3.05, 3.63) is 25.0 Å². The smallest absolute Gasteiger partial charge is 0.396 e. The van der Waals surface area contributed by atoms with Crippen LogP contribution in [-0.2, 0) is 14.2 Å². The molecule has 0 fully saturated rings. The highest BCUT2D eigenvalue weighted by atomic mass is 19.4. The van der Waals surface area contributed by atoms with E-state index >= 15 is 0 Å². The van der Waals surface area contributed by atoms with Gasteiger partial charge in [-0.15, -0.1) is 0 Å². The predicted octanol–water partition coefficient (Wildman–Crippen LogP) is 5.56. The molecule has 0 N–H and O–H groups in total. The van der Waals surface area contributed by atoms with Gasteiger partial charge in [0, 0.05) is 0 Å². The maximum Gasteiger partial charge on any atom is 0.476 e. The molecule has 0 bridgehead atoms. The second-order valence-corrected chi connectivity index (χ2v) is 4.23. The van der Waals surface area contributed by atoms with Crippen molar-refractivity contribution in [1.82, 2.24) is 0 Å². The topological polar surface area (TPSA) is 27.7 Å². The molecule has 0 saturated heterocycles. The number of alkyl halides is 14. The van der Waals surface area contributed by atoms with Gasteiger partial charge in [0.2, 0.25) is 0 Å². The molecule has 0 aromatic rings. The largest absolute Gasteiger partial charge is 0.476 e. The molecule has 0 radical (unpaired) electrons. The van der Waals surface area contributed by atoms with E-state index < -0.39 is 48.3 Å². The minimum atomic E-state index is -6.88. The zero-order chi connectivity index (χ0) is 22.3. The van der Waals surface area contributed by atoms with E-state index in [1.54, 1.807) is 0 Å². The Morgan fingerprint density at radius 3 is 0.889 bits per heavy atom. The molecule has 0 heterocycles. The molecule has 0 aromatic carbocycles. The first-order valence-corrected chi connectivity index (χ1v) is 5.58. The van der Waals surface area contributed by atoms with Crippen LogP contribution in [-0.4, -0.2) is 36.4 Å². The molecule has 0 saturated carbocycles. The molecule has 27 heavy (non-hydrogen) atoms. The Bertz CT molecular complexity index is 523. The van der Waals surface area contributed by atoms with E-state index in [2.05, 4.69) is 27.4 Å². The number of hydrogen-bond acceptors (Lipinski definition) is 3. The van der Waals surface area contributed by atoms with Crippen LogP contribution in [0.2, 0.25) is 0 Å². The minimum Gasteiger partial charge on any atom is -0.396 e. The summed E-state index contributed by atoms with van der Waals surface area (Å²) < 4.78 is 180. The zero-order valence-electron chi connectivity index (χ0n) is 11.9. The molecule has 17 heteroatoms. The van der Waals surface area contributed by atoms with Gasteiger partial charge < -0.3 is 14.2 Å². The number of ether oxygens (including phenoxy) is 3. The average molecular weight is 438 g/mol. The van der Waals surface area contributed by atoms with Gasteiger partial charge in [0.25, 0.3) is 11.9 Å². The van der Waals surface area contributed by atoms with Gasteiger partial charge in [0.15, 0.2) is 0 Å². The molecule has 0 spiro atoms. The molecule has 0 unspecified atom stereocenters. The van der Waals surface area contributed by atoms with Crippen molar-refractivity contribution in [3.8, 4) is 0 Å². The maximum absolute atomic E-state index is 12.8. The summed E-state index contributed by atoms with van der Waals surface area (Å²) in [6.07, 6.45) is -26.7. The summed E-state index contributed by atoms with van der Waals surface area (Å²) in [5.74, 6) is -18.5. The highest BCUT2D eigenvalue weighted by Gasteiger charge is 2.77. The highest BCUT2D eigenvalue weighted by Crippen LogP contribution is 2.49. The lowest BCUT2D eigenvalue weighted by Crippen LogP contribution is -2.53. The van der Waals surface area contributed by atoms with Crippen molar-refractivity contribution in [2.45, 2.75) is 36.4 Å². The second kappa shape index (κ2) is 6.81. The fourth-order valence-corrected chi connectivity index (χ4v) is 0.913. The third kappa shape index (κ3) is 5.00. The molecular formula is C10H4F14O3. The standard InChI is InChI=1S/C10H4F14O3/c1-3(26-9(21,22)5(11,12)7(15,16)17)25-4(2)27-10(23,24)6(13,14)8(18,19)20/h1-2H2. The van der Waals surface area contributed by atoms with E-state index in [1.165, 1.54) is 0 Å². The Morgan fingerprint density at radius 2 is 0.704 bits per heavy atom. The highest BCUT2D eigenvalue weighted by molar-refractivity contribution is 4.92. The van der Waals surface area contributed by atoms with Gasteiger partial charge in [-0.25, -0.2) is 0 Å². The first-order valence-electron chi connectivity index (χ1n) is 5.58. The summed E-state index contributed by atoms with van der Waals surface area (Å²) in [5.41, 5.74) is 0. The normalized spacial score (nSPS) is 14.6. The van der Waals surface area contributed by atoms with Crippen LogP contribution in [0.3, 0.4) is 0 Å². The Kier molecular flexibility index (Phi) is 6.28. The first-order chi connectivity index (χ1) is 11.5. The third-order valence-electron chi connectivity index (χ3n) is 2.15. The van der Waals surface area contributed by atoms with Crippen molar-refractivity contribution >= 4 is 0 Å². The first kappa shape index (κ1) is 24.9. The fraction of sp³-hybridized carbons (Fsp3) is 0.600. The van der Waals surface area contributed by atoms with Crippen LogP contribution in [0.25, 0.3) is 0 Å². The van der Waals surface area contributed by atoms with E-state index in [9.17, 15) is 61.5 Å². The van der Waals surface area contributed by atoms with Crippen molar-refractivity contribution in [2.24, 2.45) is 0 Å². The number of hydrogen-bond donors (Lipinski definition) is 0. The Morgan fingerprint density at radius 1 is 0.481 bits per heavy atom. The van der Waals surface area contributed by atoms with Crippen molar-refractivity contribution in [1.29, 1.82) is 0 Å². The molecule has 160 valence electrons. The van der Waals surface area contributed by atoms with Crippen LogP contribution < -0.4 is 0 Å². The number of rotatable bonds is 8. The summed E-state index contributed by atoms with van der Waals surface area (Å²) in [7, 11) is 0. The fourth-order valence-electron chi connectivity index (χ4n) is 0.913. The second-order valence-electron chi connectivity index (χ2n) is 4.23. The molecule has 3 nitrogen and oxygen atoms in total. The molecule has 0 aromatic heterocycles. The molecule has 0 amide bonds. The Hall–Kier alpha value is -2.10. The third-order valence-corrected chi connectivity index (χ3v) is 2.15. The summed E-state index contributed by atoms with van der Waals surface area (Å²) in [6.45, 7) is 4.19. The van der Waals surface area contributed by atoms with E-state index in [4.69, 9.17) is 0 Å². The van der Waals surface area contributed by atoms with Gasteiger partial charge in [-0.05, 0) is 13.2 Å². The molecular weight excluding hydrogens is 434 g/mol. The van der Waals surface area contributed by atoms with Gasteiger partial charge in [-0.1, -0.05) is 0 Å². The van der Waals surface area contributed by atoms with Crippen molar-refractivity contribution in [3.63, 3.8) is 0 Å².